The van der Waals surface area contributed by atoms with E-state index in [0.717, 1.165) is 39.9 Å². The molecule has 4 heteroatoms. The summed E-state index contributed by atoms with van der Waals surface area (Å²) in [7, 11) is 1.69. The molecule has 0 aromatic heterocycles. The molecule has 2 aromatic carbocycles. The molecule has 2 aromatic rings. The summed E-state index contributed by atoms with van der Waals surface area (Å²) in [5, 5.41) is 2.82. The first kappa shape index (κ1) is 16.1. The zero-order valence-electron chi connectivity index (χ0n) is 11.2. The molecule has 2 N–H and O–H groups in total. The van der Waals surface area contributed by atoms with Crippen molar-refractivity contribution in [1.82, 2.24) is 0 Å². The number of halogens is 2. The monoisotopic (exact) mass is 299 g/mol. The van der Waals surface area contributed by atoms with Crippen LogP contribution in [0.15, 0.2) is 30.3 Å². The molecule has 1 unspecified atom stereocenters. The Labute approximate surface area is 125 Å². The van der Waals surface area contributed by atoms with Crippen LogP contribution in [0.1, 0.15) is 18.9 Å². The number of ether oxygens (including phenoxy) is 1. The van der Waals surface area contributed by atoms with Crippen molar-refractivity contribution in [2.45, 2.75) is 25.8 Å². The molecule has 0 heterocycles. The van der Waals surface area contributed by atoms with Crippen molar-refractivity contribution in [1.29, 1.82) is 0 Å². The second-order valence-corrected chi connectivity index (χ2v) is 4.88. The third-order valence-corrected chi connectivity index (χ3v) is 3.54. The topological polar surface area (TPSA) is 35.2 Å². The van der Waals surface area contributed by atoms with Crippen LogP contribution in [0.3, 0.4) is 0 Å². The van der Waals surface area contributed by atoms with Crippen molar-refractivity contribution in [2.75, 3.05) is 7.11 Å². The molecule has 1 atom stereocenters. The second kappa shape index (κ2) is 6.99. The first-order chi connectivity index (χ1) is 8.67. The Balaban J connectivity index is 0.00000180. The highest BCUT2D eigenvalue weighted by Crippen LogP contribution is 2.35. The van der Waals surface area contributed by atoms with Crippen LogP contribution in [0.2, 0.25) is 5.02 Å². The van der Waals surface area contributed by atoms with Crippen molar-refractivity contribution in [3.05, 3.63) is 40.9 Å². The van der Waals surface area contributed by atoms with E-state index in [2.05, 4.69) is 6.92 Å². The lowest BCUT2D eigenvalue weighted by Crippen LogP contribution is -2.21. The molecule has 104 valence electrons. The van der Waals surface area contributed by atoms with Gasteiger partial charge in [0.25, 0.3) is 0 Å². The molecule has 0 spiro atoms. The van der Waals surface area contributed by atoms with E-state index in [9.17, 15) is 0 Å². The van der Waals surface area contributed by atoms with Crippen LogP contribution in [-0.4, -0.2) is 13.2 Å². The maximum absolute atomic E-state index is 6.32. The normalized spacial score (nSPS) is 12.0. The van der Waals surface area contributed by atoms with Crippen LogP contribution in [-0.2, 0) is 6.42 Å². The predicted octanol–water partition coefficient (Wildman–Crippen LogP) is 4.20. The molecule has 0 saturated heterocycles. The maximum atomic E-state index is 6.32. The second-order valence-electron chi connectivity index (χ2n) is 4.47. The number of hydrogen-bond donors (Lipinski definition) is 1. The zero-order valence-corrected chi connectivity index (χ0v) is 12.7. The molecule has 0 aliphatic carbocycles. The average molecular weight is 300 g/mol. The number of nitrogens with two attached hydrogens (primary N) is 1. The molecule has 19 heavy (non-hydrogen) atoms. The molecule has 0 bridgehead atoms. The van der Waals surface area contributed by atoms with Gasteiger partial charge < -0.3 is 10.5 Å². The highest BCUT2D eigenvalue weighted by atomic mass is 35.5. The van der Waals surface area contributed by atoms with Gasteiger partial charge >= 0.3 is 0 Å². The van der Waals surface area contributed by atoms with Gasteiger partial charge in [-0.25, -0.2) is 0 Å². The van der Waals surface area contributed by atoms with E-state index in [1.807, 2.05) is 30.3 Å². The zero-order chi connectivity index (χ0) is 13.1. The number of rotatable bonds is 4. The lowest BCUT2D eigenvalue weighted by molar-refractivity contribution is 0.412. The van der Waals surface area contributed by atoms with Gasteiger partial charge in [0.05, 0.1) is 7.11 Å². The minimum absolute atomic E-state index is 0. The van der Waals surface area contributed by atoms with E-state index in [0.29, 0.717) is 0 Å². The van der Waals surface area contributed by atoms with Gasteiger partial charge in [-0.2, -0.15) is 0 Å². The Bertz CT molecular complexity index is 557. The fourth-order valence-corrected chi connectivity index (χ4v) is 2.47. The third-order valence-electron chi connectivity index (χ3n) is 3.23. The Morgan fingerprint density at radius 2 is 1.89 bits per heavy atom. The van der Waals surface area contributed by atoms with Crippen LogP contribution in [0, 0.1) is 0 Å². The summed E-state index contributed by atoms with van der Waals surface area (Å²) in [5.74, 6) is 0.888. The van der Waals surface area contributed by atoms with E-state index in [1.54, 1.807) is 7.11 Å². The van der Waals surface area contributed by atoms with Crippen molar-refractivity contribution in [2.24, 2.45) is 5.73 Å². The highest BCUT2D eigenvalue weighted by Gasteiger charge is 2.13. The highest BCUT2D eigenvalue weighted by molar-refractivity contribution is 6.35. The average Bonchev–Trinajstić information content (AvgIpc) is 2.39. The first-order valence-corrected chi connectivity index (χ1v) is 6.54. The molecule has 0 saturated carbocycles. The predicted molar refractivity (Wildman–Crippen MR) is 84.7 cm³/mol. The fraction of sp³-hybridized carbons (Fsp3) is 0.333. The lowest BCUT2D eigenvalue weighted by Gasteiger charge is -2.16. The van der Waals surface area contributed by atoms with Crippen molar-refractivity contribution >= 4 is 34.8 Å². The van der Waals surface area contributed by atoms with Crippen molar-refractivity contribution < 1.29 is 4.74 Å². The number of hydrogen-bond acceptors (Lipinski definition) is 2. The van der Waals surface area contributed by atoms with Gasteiger partial charge in [0.2, 0.25) is 0 Å². The van der Waals surface area contributed by atoms with Gasteiger partial charge in [-0.3, -0.25) is 0 Å². The van der Waals surface area contributed by atoms with Gasteiger partial charge in [-0.15, -0.1) is 12.4 Å². The Kier molecular flexibility index (Phi) is 5.92. The summed E-state index contributed by atoms with van der Waals surface area (Å²) >= 11 is 6.32. The number of methoxy groups -OCH3 is 1. The van der Waals surface area contributed by atoms with E-state index in [-0.39, 0.29) is 18.4 Å². The molecule has 2 nitrogen and oxygen atoms in total. The summed E-state index contributed by atoms with van der Waals surface area (Å²) < 4.78 is 5.54. The number of benzene rings is 2. The first-order valence-electron chi connectivity index (χ1n) is 6.17. The largest absolute Gasteiger partial charge is 0.496 e. The standard InChI is InChI=1S/C15H18ClNO.ClH/c1-3-11(17)8-10-9-14(16)12-6-4-5-7-13(12)15(10)18-2;/h4-7,9,11H,3,8,17H2,1-2H3;1H. The molecule has 0 radical (unpaired) electrons. The summed E-state index contributed by atoms with van der Waals surface area (Å²) in [4.78, 5) is 0. The molecule has 0 aliphatic heterocycles. The fourth-order valence-electron chi connectivity index (χ4n) is 2.18. The van der Waals surface area contributed by atoms with Crippen molar-refractivity contribution in [3.8, 4) is 5.75 Å². The van der Waals surface area contributed by atoms with Gasteiger partial charge in [0.1, 0.15) is 5.75 Å². The van der Waals surface area contributed by atoms with E-state index < -0.39 is 0 Å². The maximum Gasteiger partial charge on any atom is 0.130 e. The molecule has 0 aliphatic rings. The van der Waals surface area contributed by atoms with Crippen LogP contribution in [0.5, 0.6) is 5.75 Å². The van der Waals surface area contributed by atoms with E-state index in [1.165, 1.54) is 0 Å². The van der Waals surface area contributed by atoms with Crippen LogP contribution >= 0.6 is 24.0 Å². The minimum atomic E-state index is 0. The Morgan fingerprint density at radius 3 is 2.47 bits per heavy atom. The summed E-state index contributed by atoms with van der Waals surface area (Å²) in [6.45, 7) is 2.08. The van der Waals surface area contributed by atoms with Crippen LogP contribution < -0.4 is 10.5 Å². The molecule has 0 amide bonds. The van der Waals surface area contributed by atoms with Crippen LogP contribution in [0.25, 0.3) is 10.8 Å². The third kappa shape index (κ3) is 3.33. The molecular weight excluding hydrogens is 281 g/mol. The van der Waals surface area contributed by atoms with Gasteiger partial charge in [0, 0.05) is 21.8 Å². The van der Waals surface area contributed by atoms with Crippen molar-refractivity contribution in [3.63, 3.8) is 0 Å². The summed E-state index contributed by atoms with van der Waals surface area (Å²) in [6, 6.07) is 10.1. The van der Waals surface area contributed by atoms with E-state index in [4.69, 9.17) is 22.1 Å². The SMILES string of the molecule is CCC(N)Cc1cc(Cl)c2ccccc2c1OC.Cl. The van der Waals surface area contributed by atoms with Gasteiger partial charge in [0.15, 0.2) is 0 Å². The lowest BCUT2D eigenvalue weighted by atomic mass is 9.99. The van der Waals surface area contributed by atoms with E-state index >= 15 is 0 Å². The minimum Gasteiger partial charge on any atom is -0.496 e. The van der Waals surface area contributed by atoms with Crippen LogP contribution in [0.4, 0.5) is 0 Å². The molecular formula is C15H19Cl2NO. The summed E-state index contributed by atoms with van der Waals surface area (Å²) in [6.07, 6.45) is 1.72. The summed E-state index contributed by atoms with van der Waals surface area (Å²) in [5.41, 5.74) is 7.10. The molecule has 0 fully saturated rings. The molecule has 2 rings (SSSR count). The Hall–Kier alpha value is -0.960. The smallest absolute Gasteiger partial charge is 0.130 e. The quantitative estimate of drug-likeness (QED) is 0.918. The number of fused-ring (bicyclic) bond motifs is 1. The van der Waals surface area contributed by atoms with Gasteiger partial charge in [-0.1, -0.05) is 42.8 Å². The Morgan fingerprint density at radius 1 is 1.26 bits per heavy atom. The van der Waals surface area contributed by atoms with Gasteiger partial charge in [-0.05, 0) is 24.5 Å².